The van der Waals surface area contributed by atoms with Gasteiger partial charge in [-0.1, -0.05) is 0 Å². The van der Waals surface area contributed by atoms with Crippen molar-refractivity contribution in [3.63, 3.8) is 0 Å². The van der Waals surface area contributed by atoms with E-state index in [1.54, 1.807) is 12.1 Å². The Balaban J connectivity index is 2.07. The number of rotatable bonds is 2. The largest absolute Gasteiger partial charge is 0.481 e. The Morgan fingerprint density at radius 1 is 1.57 bits per heavy atom. The molecule has 0 saturated carbocycles. The molecule has 1 aromatic carbocycles. The monoisotopic (exact) mass is 291 g/mol. The molecule has 3 atom stereocenters. The number of fused-ring (bicyclic) bond motifs is 2. The molecule has 2 heterocycles. The highest BCUT2D eigenvalue weighted by Gasteiger charge is 2.50. The van der Waals surface area contributed by atoms with Crippen LogP contribution in [0.3, 0.4) is 0 Å². The zero-order valence-corrected chi connectivity index (χ0v) is 12.1. The molecule has 0 amide bonds. The summed E-state index contributed by atoms with van der Waals surface area (Å²) in [6, 6.07) is 5.37. The Kier molecular flexibility index (Phi) is 3.30. The third-order valence-corrected chi connectivity index (χ3v) is 4.63. The lowest BCUT2D eigenvalue weighted by Gasteiger charge is -2.50. The number of aliphatic carboxylic acids is 1. The summed E-state index contributed by atoms with van der Waals surface area (Å²) in [6.45, 7) is 1.57. The van der Waals surface area contributed by atoms with Crippen molar-refractivity contribution in [2.45, 2.75) is 24.5 Å². The van der Waals surface area contributed by atoms with Crippen molar-refractivity contribution < 1.29 is 14.6 Å². The summed E-state index contributed by atoms with van der Waals surface area (Å²) < 4.78 is 6.04. The summed E-state index contributed by atoms with van der Waals surface area (Å²) in [7, 11) is 2.02. The standard InChI is InChI=1S/C15H21N3O3/c1-18-5-4-15(17)12(8-18)10(7-14(19)20)11-6-9(16)2-3-13(11)21-15/h2-3,6,10,12H,4-5,7-8,16-17H2,1H3,(H,19,20). The van der Waals surface area contributed by atoms with Crippen molar-refractivity contribution in [1.82, 2.24) is 4.90 Å². The maximum Gasteiger partial charge on any atom is 0.303 e. The smallest absolute Gasteiger partial charge is 0.303 e. The van der Waals surface area contributed by atoms with Gasteiger partial charge in [0.15, 0.2) is 5.72 Å². The van der Waals surface area contributed by atoms with Crippen molar-refractivity contribution in [3.05, 3.63) is 23.8 Å². The second-order valence-electron chi connectivity index (χ2n) is 6.18. The van der Waals surface area contributed by atoms with Crippen LogP contribution in [0.1, 0.15) is 24.3 Å². The minimum Gasteiger partial charge on any atom is -0.481 e. The number of ether oxygens (including phenoxy) is 1. The van der Waals surface area contributed by atoms with Crippen LogP contribution in [-0.4, -0.2) is 41.8 Å². The summed E-state index contributed by atoms with van der Waals surface area (Å²) in [5, 5.41) is 9.27. The van der Waals surface area contributed by atoms with E-state index in [0.717, 1.165) is 18.7 Å². The van der Waals surface area contributed by atoms with Gasteiger partial charge < -0.3 is 20.5 Å². The lowest BCUT2D eigenvalue weighted by atomic mass is 9.72. The van der Waals surface area contributed by atoms with Crippen LogP contribution in [0, 0.1) is 5.92 Å². The van der Waals surface area contributed by atoms with Crippen LogP contribution >= 0.6 is 0 Å². The van der Waals surface area contributed by atoms with Gasteiger partial charge >= 0.3 is 5.97 Å². The molecule has 1 saturated heterocycles. The summed E-state index contributed by atoms with van der Waals surface area (Å²) in [5.41, 5.74) is 13.0. The first-order valence-corrected chi connectivity index (χ1v) is 7.17. The number of carboxylic acids is 1. The lowest BCUT2D eigenvalue weighted by molar-refractivity contribution is -0.139. The van der Waals surface area contributed by atoms with Crippen LogP contribution < -0.4 is 16.2 Å². The highest BCUT2D eigenvalue weighted by molar-refractivity contribution is 5.69. The minimum absolute atomic E-state index is 0.0390. The molecule has 0 spiro atoms. The van der Waals surface area contributed by atoms with E-state index in [9.17, 15) is 9.90 Å². The number of likely N-dealkylation sites (tertiary alicyclic amines) is 1. The average molecular weight is 291 g/mol. The van der Waals surface area contributed by atoms with E-state index in [4.69, 9.17) is 16.2 Å². The molecule has 1 fully saturated rings. The molecule has 6 heteroatoms. The fourth-order valence-electron chi connectivity index (χ4n) is 3.54. The van der Waals surface area contributed by atoms with Gasteiger partial charge in [0.1, 0.15) is 5.75 Å². The number of carboxylic acid groups (broad SMARTS) is 1. The van der Waals surface area contributed by atoms with Crippen molar-refractivity contribution in [3.8, 4) is 5.75 Å². The molecule has 2 aliphatic heterocycles. The summed E-state index contributed by atoms with van der Waals surface area (Å²) >= 11 is 0. The van der Waals surface area contributed by atoms with Crippen LogP contribution in [0.2, 0.25) is 0 Å². The minimum atomic E-state index is -0.828. The first-order chi connectivity index (χ1) is 9.89. The molecule has 2 aliphatic rings. The topological polar surface area (TPSA) is 102 Å². The third kappa shape index (κ3) is 2.45. The van der Waals surface area contributed by atoms with Crippen LogP contribution in [0.15, 0.2) is 18.2 Å². The molecule has 3 unspecified atom stereocenters. The number of anilines is 1. The van der Waals surface area contributed by atoms with E-state index in [1.165, 1.54) is 0 Å². The molecule has 21 heavy (non-hydrogen) atoms. The normalized spacial score (nSPS) is 31.9. The maximum atomic E-state index is 11.3. The summed E-state index contributed by atoms with van der Waals surface area (Å²) in [6.07, 6.45) is 0.728. The van der Waals surface area contributed by atoms with Crippen LogP contribution in [0.4, 0.5) is 5.69 Å². The Morgan fingerprint density at radius 2 is 2.33 bits per heavy atom. The molecule has 114 valence electrons. The van der Waals surface area contributed by atoms with Crippen LogP contribution in [0.25, 0.3) is 0 Å². The molecular weight excluding hydrogens is 270 g/mol. The molecule has 5 N–H and O–H groups in total. The molecule has 1 aromatic rings. The number of nitrogens with zero attached hydrogens (tertiary/aromatic N) is 1. The summed E-state index contributed by atoms with van der Waals surface area (Å²) in [4.78, 5) is 13.5. The average Bonchev–Trinajstić information content (AvgIpc) is 2.40. The van der Waals surface area contributed by atoms with Gasteiger partial charge in [0.25, 0.3) is 0 Å². The second kappa shape index (κ2) is 4.89. The quantitative estimate of drug-likeness (QED) is 0.697. The second-order valence-corrected chi connectivity index (χ2v) is 6.18. The zero-order valence-electron chi connectivity index (χ0n) is 12.1. The van der Waals surface area contributed by atoms with Gasteiger partial charge in [0, 0.05) is 42.6 Å². The first-order valence-electron chi connectivity index (χ1n) is 7.17. The van der Waals surface area contributed by atoms with E-state index >= 15 is 0 Å². The number of piperidine rings is 1. The van der Waals surface area contributed by atoms with Gasteiger partial charge in [-0.15, -0.1) is 0 Å². The van der Waals surface area contributed by atoms with Crippen molar-refractivity contribution in [2.24, 2.45) is 11.7 Å². The maximum absolute atomic E-state index is 11.3. The number of hydrogen-bond acceptors (Lipinski definition) is 5. The van der Waals surface area contributed by atoms with Crippen LogP contribution in [-0.2, 0) is 4.79 Å². The third-order valence-electron chi connectivity index (χ3n) is 4.63. The van der Waals surface area contributed by atoms with Gasteiger partial charge in [0.2, 0.25) is 0 Å². The van der Waals surface area contributed by atoms with Crippen molar-refractivity contribution >= 4 is 11.7 Å². The fraction of sp³-hybridized carbons (Fsp3) is 0.533. The van der Waals surface area contributed by atoms with Gasteiger partial charge in [-0.3, -0.25) is 10.5 Å². The van der Waals surface area contributed by atoms with Crippen LogP contribution in [0.5, 0.6) is 5.75 Å². The Labute approximate surface area is 123 Å². The van der Waals surface area contributed by atoms with Gasteiger partial charge in [0.05, 0.1) is 6.42 Å². The number of nitrogen functional groups attached to an aromatic ring is 1. The Hall–Kier alpha value is -1.79. The first kappa shape index (κ1) is 14.2. The molecule has 6 nitrogen and oxygen atoms in total. The molecule has 0 aliphatic carbocycles. The lowest BCUT2D eigenvalue weighted by Crippen LogP contribution is -2.63. The molecule has 3 rings (SSSR count). The van der Waals surface area contributed by atoms with E-state index in [0.29, 0.717) is 17.9 Å². The molecular formula is C15H21N3O3. The van der Waals surface area contributed by atoms with Gasteiger partial charge in [-0.25, -0.2) is 0 Å². The number of carbonyl (C=O) groups is 1. The Morgan fingerprint density at radius 3 is 3.05 bits per heavy atom. The fourth-order valence-corrected chi connectivity index (χ4v) is 3.54. The predicted octanol–water partition coefficient (Wildman–Crippen LogP) is 0.826. The number of benzene rings is 1. The van der Waals surface area contributed by atoms with Gasteiger partial charge in [-0.2, -0.15) is 0 Å². The molecule has 0 bridgehead atoms. The Bertz CT molecular complexity index is 577. The highest BCUT2D eigenvalue weighted by atomic mass is 16.5. The zero-order chi connectivity index (χ0) is 15.2. The van der Waals surface area contributed by atoms with Gasteiger partial charge in [-0.05, 0) is 25.2 Å². The molecule has 0 aromatic heterocycles. The predicted molar refractivity (Wildman–Crippen MR) is 79.0 cm³/mol. The molecule has 0 radical (unpaired) electrons. The summed E-state index contributed by atoms with van der Waals surface area (Å²) in [5.74, 6) is -0.395. The van der Waals surface area contributed by atoms with Crippen molar-refractivity contribution in [2.75, 3.05) is 25.9 Å². The highest BCUT2D eigenvalue weighted by Crippen LogP contribution is 2.48. The van der Waals surface area contributed by atoms with E-state index < -0.39 is 11.7 Å². The van der Waals surface area contributed by atoms with Crippen molar-refractivity contribution in [1.29, 1.82) is 0 Å². The number of hydrogen-bond donors (Lipinski definition) is 3. The van der Waals surface area contributed by atoms with E-state index in [-0.39, 0.29) is 18.3 Å². The van der Waals surface area contributed by atoms with E-state index in [2.05, 4.69) is 4.90 Å². The number of nitrogens with two attached hydrogens (primary N) is 2. The SMILES string of the molecule is CN1CCC2(N)Oc3ccc(N)cc3C(CC(=O)O)C2C1. The van der Waals surface area contributed by atoms with E-state index in [1.807, 2.05) is 13.1 Å².